The summed E-state index contributed by atoms with van der Waals surface area (Å²) in [6, 6.07) is 13.6. The van der Waals surface area contributed by atoms with Gasteiger partial charge < -0.3 is 10.1 Å². The van der Waals surface area contributed by atoms with Gasteiger partial charge >= 0.3 is 0 Å². The lowest BCUT2D eigenvalue weighted by molar-refractivity contribution is 0.306. The van der Waals surface area contributed by atoms with Crippen LogP contribution in [-0.4, -0.2) is 26.0 Å². The third kappa shape index (κ3) is 4.71. The zero-order chi connectivity index (χ0) is 17.0. The molecule has 24 heavy (non-hydrogen) atoms. The molecule has 0 aromatic heterocycles. The van der Waals surface area contributed by atoms with Crippen molar-refractivity contribution < 1.29 is 17.5 Å². The van der Waals surface area contributed by atoms with E-state index in [0.717, 1.165) is 17.7 Å². The van der Waals surface area contributed by atoms with Crippen LogP contribution < -0.4 is 10.1 Å². The van der Waals surface area contributed by atoms with Crippen LogP contribution in [0.4, 0.5) is 10.1 Å². The van der Waals surface area contributed by atoms with Crippen molar-refractivity contribution in [3.63, 3.8) is 0 Å². The van der Waals surface area contributed by atoms with Crippen LogP contribution in [0, 0.1) is 5.82 Å². The number of hydrogen-bond acceptors (Lipinski definition) is 4. The fraction of sp³-hybridized carbons (Fsp3) is 0.333. The average Bonchev–Trinajstić information content (AvgIpc) is 2.54. The molecule has 0 saturated carbocycles. The van der Waals surface area contributed by atoms with Gasteiger partial charge in [-0.3, -0.25) is 0 Å². The average molecular weight is 349 g/mol. The summed E-state index contributed by atoms with van der Waals surface area (Å²) in [5.41, 5.74) is 1.72. The Kier molecular flexibility index (Phi) is 5.04. The van der Waals surface area contributed by atoms with Crippen molar-refractivity contribution in [1.29, 1.82) is 0 Å². The number of nitrogens with one attached hydrogen (secondary N) is 1. The fourth-order valence-electron chi connectivity index (χ4n) is 2.80. The number of ether oxygens (including phenoxy) is 1. The number of hydrogen-bond donors (Lipinski definition) is 1. The molecule has 2 aromatic carbocycles. The van der Waals surface area contributed by atoms with Crippen LogP contribution in [0.5, 0.6) is 5.75 Å². The summed E-state index contributed by atoms with van der Waals surface area (Å²) in [5.74, 6) is 0.870. The maximum Gasteiger partial charge on any atom is 0.152 e. The number of anilines is 1. The summed E-state index contributed by atoms with van der Waals surface area (Å²) < 4.78 is 42.0. The van der Waals surface area contributed by atoms with Gasteiger partial charge in [-0.1, -0.05) is 18.2 Å². The molecule has 0 spiro atoms. The third-order valence-corrected chi connectivity index (χ3v) is 5.81. The first-order valence-electron chi connectivity index (χ1n) is 7.94. The van der Waals surface area contributed by atoms with Crippen LogP contribution in [0.15, 0.2) is 48.5 Å². The molecule has 0 aliphatic carbocycles. The van der Waals surface area contributed by atoms with Gasteiger partial charge in [0.15, 0.2) is 9.84 Å². The molecular formula is C18H20FNO3S. The molecule has 1 N–H and O–H groups in total. The Hall–Kier alpha value is -2.08. The van der Waals surface area contributed by atoms with Crippen LogP contribution in [0.1, 0.15) is 18.4 Å². The van der Waals surface area contributed by atoms with E-state index in [-0.39, 0.29) is 23.4 Å². The van der Waals surface area contributed by atoms with E-state index in [1.165, 1.54) is 12.1 Å². The predicted molar refractivity (Wildman–Crippen MR) is 92.5 cm³/mol. The molecule has 4 nitrogen and oxygen atoms in total. The number of halogens is 1. The van der Waals surface area contributed by atoms with Crippen LogP contribution >= 0.6 is 0 Å². The minimum absolute atomic E-state index is 0.0592. The molecule has 0 bridgehead atoms. The lowest BCUT2D eigenvalue weighted by atomic mass is 10.1. The lowest BCUT2D eigenvalue weighted by Crippen LogP contribution is -2.34. The molecule has 0 radical (unpaired) electrons. The SMILES string of the molecule is O=S1(=O)CCC[C@@H](Nc2cccc(OCc3ccc(F)cc3)c2)C1. The van der Waals surface area contributed by atoms with E-state index in [9.17, 15) is 12.8 Å². The van der Waals surface area contributed by atoms with Gasteiger partial charge in [0, 0.05) is 17.8 Å². The maximum atomic E-state index is 12.9. The zero-order valence-electron chi connectivity index (χ0n) is 13.2. The Morgan fingerprint density at radius 2 is 1.96 bits per heavy atom. The number of sulfone groups is 1. The minimum Gasteiger partial charge on any atom is -0.489 e. The molecule has 6 heteroatoms. The van der Waals surface area contributed by atoms with Crippen molar-refractivity contribution in [2.45, 2.75) is 25.5 Å². The fourth-order valence-corrected chi connectivity index (χ4v) is 4.43. The van der Waals surface area contributed by atoms with Gasteiger partial charge in [-0.2, -0.15) is 0 Å². The minimum atomic E-state index is -2.94. The summed E-state index contributed by atoms with van der Waals surface area (Å²) in [4.78, 5) is 0. The molecule has 1 aliphatic rings. The Morgan fingerprint density at radius 3 is 2.71 bits per heavy atom. The van der Waals surface area contributed by atoms with Crippen molar-refractivity contribution in [2.75, 3.05) is 16.8 Å². The summed E-state index contributed by atoms with van der Waals surface area (Å²) in [7, 11) is -2.94. The van der Waals surface area contributed by atoms with E-state index < -0.39 is 9.84 Å². The molecule has 1 aliphatic heterocycles. The van der Waals surface area contributed by atoms with Gasteiger partial charge in [0.2, 0.25) is 0 Å². The monoisotopic (exact) mass is 349 g/mol. The molecule has 128 valence electrons. The smallest absolute Gasteiger partial charge is 0.152 e. The van der Waals surface area contributed by atoms with Crippen LogP contribution in [-0.2, 0) is 16.4 Å². The molecular weight excluding hydrogens is 329 g/mol. The largest absolute Gasteiger partial charge is 0.489 e. The van der Waals surface area contributed by atoms with Crippen LogP contribution in [0.25, 0.3) is 0 Å². The first-order chi connectivity index (χ1) is 11.5. The van der Waals surface area contributed by atoms with Crippen LogP contribution in [0.3, 0.4) is 0 Å². The van der Waals surface area contributed by atoms with E-state index in [1.54, 1.807) is 12.1 Å². The molecule has 3 rings (SSSR count). The van der Waals surface area contributed by atoms with Crippen molar-refractivity contribution in [1.82, 2.24) is 0 Å². The lowest BCUT2D eigenvalue weighted by Gasteiger charge is -2.24. The van der Waals surface area contributed by atoms with E-state index >= 15 is 0 Å². The van der Waals surface area contributed by atoms with E-state index in [0.29, 0.717) is 18.8 Å². The zero-order valence-corrected chi connectivity index (χ0v) is 14.1. The Bertz CT molecular complexity index is 790. The van der Waals surface area contributed by atoms with Gasteiger partial charge in [0.25, 0.3) is 0 Å². The van der Waals surface area contributed by atoms with Gasteiger partial charge in [-0.15, -0.1) is 0 Å². The highest BCUT2D eigenvalue weighted by molar-refractivity contribution is 7.91. The molecule has 1 saturated heterocycles. The molecule has 0 amide bonds. The molecule has 2 aromatic rings. The van der Waals surface area contributed by atoms with Crippen molar-refractivity contribution >= 4 is 15.5 Å². The predicted octanol–water partition coefficient (Wildman–Crippen LogP) is 3.39. The number of rotatable bonds is 5. The Labute approximate surface area is 141 Å². The van der Waals surface area contributed by atoms with Crippen LogP contribution in [0.2, 0.25) is 0 Å². The standard InChI is InChI=1S/C18H20FNO3S/c19-15-8-6-14(7-9-15)12-23-18-5-1-3-16(11-18)20-17-4-2-10-24(21,22)13-17/h1,3,5-9,11,17,20H,2,4,10,12-13H2/t17-/m1/s1. The highest BCUT2D eigenvalue weighted by Gasteiger charge is 2.24. The topological polar surface area (TPSA) is 55.4 Å². The van der Waals surface area contributed by atoms with Gasteiger partial charge in [-0.25, -0.2) is 12.8 Å². The van der Waals surface area contributed by atoms with E-state index in [4.69, 9.17) is 4.74 Å². The van der Waals surface area contributed by atoms with Crippen molar-refractivity contribution in [3.8, 4) is 5.75 Å². The molecule has 1 atom stereocenters. The Morgan fingerprint density at radius 1 is 1.17 bits per heavy atom. The highest BCUT2D eigenvalue weighted by Crippen LogP contribution is 2.22. The Balaban J connectivity index is 1.60. The van der Waals surface area contributed by atoms with Gasteiger partial charge in [0.05, 0.1) is 11.5 Å². The summed E-state index contributed by atoms with van der Waals surface area (Å²) in [6.07, 6.45) is 1.54. The second kappa shape index (κ2) is 7.21. The normalized spacial score (nSPS) is 19.6. The van der Waals surface area contributed by atoms with Crippen molar-refractivity contribution in [3.05, 3.63) is 59.9 Å². The summed E-state index contributed by atoms with van der Waals surface area (Å²) in [5, 5.41) is 3.27. The number of benzene rings is 2. The molecule has 0 unspecified atom stereocenters. The van der Waals surface area contributed by atoms with E-state index in [2.05, 4.69) is 5.32 Å². The third-order valence-electron chi connectivity index (χ3n) is 3.99. The first kappa shape index (κ1) is 16.8. The second-order valence-electron chi connectivity index (χ2n) is 6.04. The molecule has 1 fully saturated rings. The quantitative estimate of drug-likeness (QED) is 0.899. The summed E-state index contributed by atoms with van der Waals surface area (Å²) >= 11 is 0. The van der Waals surface area contributed by atoms with Crippen molar-refractivity contribution in [2.24, 2.45) is 0 Å². The van der Waals surface area contributed by atoms with Gasteiger partial charge in [0.1, 0.15) is 18.2 Å². The highest BCUT2D eigenvalue weighted by atomic mass is 32.2. The maximum absolute atomic E-state index is 12.9. The second-order valence-corrected chi connectivity index (χ2v) is 8.27. The van der Waals surface area contributed by atoms with Gasteiger partial charge in [-0.05, 0) is 42.7 Å². The molecule has 1 heterocycles. The van der Waals surface area contributed by atoms with E-state index in [1.807, 2.05) is 24.3 Å². The first-order valence-corrected chi connectivity index (χ1v) is 9.77. The summed E-state index contributed by atoms with van der Waals surface area (Å²) in [6.45, 7) is 0.349.